The molecule has 2 aliphatic heterocycles. The molecular weight excluding hydrogens is 256 g/mol. The van der Waals surface area contributed by atoms with Crippen molar-refractivity contribution < 1.29 is 9.59 Å². The lowest BCUT2D eigenvalue weighted by molar-refractivity contribution is -0.126. The van der Waals surface area contributed by atoms with Crippen molar-refractivity contribution in [1.29, 1.82) is 0 Å². The van der Waals surface area contributed by atoms with E-state index in [0.29, 0.717) is 13.0 Å². The zero-order chi connectivity index (χ0) is 12.7. The van der Waals surface area contributed by atoms with Gasteiger partial charge in [-0.25, -0.2) is 4.79 Å². The lowest BCUT2D eigenvalue weighted by atomic mass is 9.88. The van der Waals surface area contributed by atoms with Crippen LogP contribution in [0.3, 0.4) is 0 Å². The maximum atomic E-state index is 11.8. The van der Waals surface area contributed by atoms with Crippen molar-refractivity contribution in [1.82, 2.24) is 15.5 Å². The third-order valence-electron chi connectivity index (χ3n) is 3.22. The normalized spacial score (nSPS) is 28.8. The van der Waals surface area contributed by atoms with Gasteiger partial charge in [-0.3, -0.25) is 15.0 Å². The number of hydrogen-bond acceptors (Lipinski definition) is 4. The van der Waals surface area contributed by atoms with Crippen LogP contribution in [0.2, 0.25) is 0 Å². The van der Waals surface area contributed by atoms with Crippen LogP contribution in [0.4, 0.5) is 4.79 Å². The first-order chi connectivity index (χ1) is 7.81. The van der Waals surface area contributed by atoms with Gasteiger partial charge in [0.15, 0.2) is 0 Å². The van der Waals surface area contributed by atoms with E-state index in [-0.39, 0.29) is 29.9 Å². The minimum atomic E-state index is -0.736. The summed E-state index contributed by atoms with van der Waals surface area (Å²) in [5.74, 6) is -0.206. The van der Waals surface area contributed by atoms with E-state index in [2.05, 4.69) is 15.5 Å². The van der Waals surface area contributed by atoms with Crippen molar-refractivity contribution in [2.45, 2.75) is 37.8 Å². The molecule has 0 aliphatic carbocycles. The van der Waals surface area contributed by atoms with Crippen molar-refractivity contribution in [3.63, 3.8) is 0 Å². The number of nitrogens with two attached hydrogens (primary N) is 1. The maximum Gasteiger partial charge on any atom is 0.322 e. The van der Waals surface area contributed by atoms with E-state index in [4.69, 9.17) is 5.73 Å². The maximum absolute atomic E-state index is 11.8. The Balaban J connectivity index is 0.00000162. The van der Waals surface area contributed by atoms with Gasteiger partial charge in [-0.1, -0.05) is 0 Å². The highest BCUT2D eigenvalue weighted by Gasteiger charge is 2.48. The third-order valence-corrected chi connectivity index (χ3v) is 3.22. The van der Waals surface area contributed by atoms with Crippen LogP contribution in [0, 0.1) is 0 Å². The summed E-state index contributed by atoms with van der Waals surface area (Å²) in [4.78, 5) is 25.2. The monoisotopic (exact) mass is 276 g/mol. The van der Waals surface area contributed by atoms with Gasteiger partial charge in [-0.15, -0.1) is 12.4 Å². The molecule has 18 heavy (non-hydrogen) atoms. The summed E-state index contributed by atoms with van der Waals surface area (Å²) in [6.07, 6.45) is 1.59. The van der Waals surface area contributed by atoms with Gasteiger partial charge in [-0.05, 0) is 33.2 Å². The van der Waals surface area contributed by atoms with Crippen LogP contribution in [0.15, 0.2) is 0 Å². The Morgan fingerprint density at radius 1 is 1.44 bits per heavy atom. The molecule has 0 saturated carbocycles. The van der Waals surface area contributed by atoms with Gasteiger partial charge in [-0.2, -0.15) is 0 Å². The molecule has 1 spiro atoms. The Morgan fingerprint density at radius 2 is 2.11 bits per heavy atom. The molecule has 2 aliphatic rings. The van der Waals surface area contributed by atoms with E-state index in [1.54, 1.807) is 0 Å². The standard InChI is InChI=1S/C11H20N4O2.ClH/c1-10(2,12)6-15-5-3-4-11(7-15)8(16)13-9(17)14-11;/h3-7,12H2,1-2H3,(H2,13,14,16,17);1H. The zero-order valence-corrected chi connectivity index (χ0v) is 11.6. The van der Waals surface area contributed by atoms with Gasteiger partial charge in [0.05, 0.1) is 0 Å². The van der Waals surface area contributed by atoms with E-state index in [9.17, 15) is 9.59 Å². The van der Waals surface area contributed by atoms with Gasteiger partial charge in [0.2, 0.25) is 0 Å². The molecule has 2 rings (SSSR count). The van der Waals surface area contributed by atoms with Crippen molar-refractivity contribution in [2.24, 2.45) is 5.73 Å². The number of urea groups is 1. The number of hydrogen-bond donors (Lipinski definition) is 3. The first-order valence-corrected chi connectivity index (χ1v) is 5.96. The van der Waals surface area contributed by atoms with Crippen LogP contribution in [0.1, 0.15) is 26.7 Å². The first kappa shape index (κ1) is 15.2. The highest BCUT2D eigenvalue weighted by atomic mass is 35.5. The minimum absolute atomic E-state index is 0. The molecule has 1 atom stereocenters. The van der Waals surface area contributed by atoms with Crippen LogP contribution < -0.4 is 16.4 Å². The molecule has 2 heterocycles. The van der Waals surface area contributed by atoms with Crippen LogP contribution in [0.25, 0.3) is 0 Å². The number of piperidine rings is 1. The predicted octanol–water partition coefficient (Wildman–Crippen LogP) is -0.180. The Morgan fingerprint density at radius 3 is 2.61 bits per heavy atom. The molecule has 2 fully saturated rings. The average Bonchev–Trinajstić information content (AvgIpc) is 2.38. The predicted molar refractivity (Wildman–Crippen MR) is 70.6 cm³/mol. The smallest absolute Gasteiger partial charge is 0.322 e. The number of likely N-dealkylation sites (tertiary alicyclic amines) is 1. The van der Waals surface area contributed by atoms with E-state index < -0.39 is 5.54 Å². The lowest BCUT2D eigenvalue weighted by Crippen LogP contribution is -2.60. The number of imide groups is 1. The summed E-state index contributed by atoms with van der Waals surface area (Å²) < 4.78 is 0. The van der Waals surface area contributed by atoms with Crippen LogP contribution >= 0.6 is 12.4 Å². The SMILES string of the molecule is CC(C)(N)CN1CCCC2(C1)NC(=O)NC2=O.Cl. The molecule has 2 saturated heterocycles. The number of nitrogens with zero attached hydrogens (tertiary/aromatic N) is 1. The summed E-state index contributed by atoms with van der Waals surface area (Å²) in [5, 5.41) is 5.07. The highest BCUT2D eigenvalue weighted by molar-refractivity contribution is 6.07. The van der Waals surface area contributed by atoms with Crippen molar-refractivity contribution in [2.75, 3.05) is 19.6 Å². The molecule has 0 aromatic heterocycles. The van der Waals surface area contributed by atoms with Crippen molar-refractivity contribution >= 4 is 24.3 Å². The molecule has 3 amide bonds. The summed E-state index contributed by atoms with van der Waals surface area (Å²) in [6.45, 7) is 6.11. The highest BCUT2D eigenvalue weighted by Crippen LogP contribution is 2.25. The van der Waals surface area contributed by atoms with Gasteiger partial charge in [0, 0.05) is 18.6 Å². The number of amides is 3. The largest absolute Gasteiger partial charge is 0.324 e. The number of carbonyl (C=O) groups is 2. The Kier molecular flexibility index (Phi) is 4.25. The molecule has 0 aromatic rings. The molecule has 1 unspecified atom stereocenters. The van der Waals surface area contributed by atoms with E-state index in [1.807, 2.05) is 13.8 Å². The van der Waals surface area contributed by atoms with Crippen molar-refractivity contribution in [3.8, 4) is 0 Å². The third kappa shape index (κ3) is 3.13. The van der Waals surface area contributed by atoms with Crippen LogP contribution in [0.5, 0.6) is 0 Å². The van der Waals surface area contributed by atoms with Crippen molar-refractivity contribution in [3.05, 3.63) is 0 Å². The fourth-order valence-corrected chi connectivity index (χ4v) is 2.67. The molecule has 104 valence electrons. The molecule has 0 bridgehead atoms. The van der Waals surface area contributed by atoms with Gasteiger partial charge in [0.25, 0.3) is 5.91 Å². The molecule has 0 radical (unpaired) electrons. The first-order valence-electron chi connectivity index (χ1n) is 5.96. The molecule has 7 heteroatoms. The number of halogens is 1. The summed E-state index contributed by atoms with van der Waals surface area (Å²) in [5.41, 5.74) is 4.96. The lowest BCUT2D eigenvalue weighted by Gasteiger charge is -2.40. The summed E-state index contributed by atoms with van der Waals surface area (Å²) >= 11 is 0. The molecule has 4 N–H and O–H groups in total. The van der Waals surface area contributed by atoms with Crippen LogP contribution in [-0.4, -0.2) is 47.6 Å². The quantitative estimate of drug-likeness (QED) is 0.611. The van der Waals surface area contributed by atoms with Crippen LogP contribution in [-0.2, 0) is 4.79 Å². The van der Waals surface area contributed by atoms with Gasteiger partial charge >= 0.3 is 6.03 Å². The average molecular weight is 277 g/mol. The van der Waals surface area contributed by atoms with E-state index in [0.717, 1.165) is 19.5 Å². The Labute approximate surface area is 113 Å². The second-order valence-electron chi connectivity index (χ2n) is 5.79. The second-order valence-corrected chi connectivity index (χ2v) is 5.79. The molecular formula is C11H21ClN4O2. The summed E-state index contributed by atoms with van der Waals surface area (Å²) in [7, 11) is 0. The zero-order valence-electron chi connectivity index (χ0n) is 10.8. The number of nitrogens with one attached hydrogen (secondary N) is 2. The van der Waals surface area contributed by atoms with Gasteiger partial charge in [0.1, 0.15) is 5.54 Å². The molecule has 0 aromatic carbocycles. The fraction of sp³-hybridized carbons (Fsp3) is 0.818. The number of rotatable bonds is 2. The van der Waals surface area contributed by atoms with E-state index >= 15 is 0 Å². The minimum Gasteiger partial charge on any atom is -0.324 e. The Hall–Kier alpha value is -0.850. The summed E-state index contributed by atoms with van der Waals surface area (Å²) in [6, 6.07) is -0.385. The topological polar surface area (TPSA) is 87.5 Å². The van der Waals surface area contributed by atoms with E-state index in [1.165, 1.54) is 0 Å². The van der Waals surface area contributed by atoms with Gasteiger partial charge < -0.3 is 11.1 Å². The number of carbonyl (C=O) groups excluding carboxylic acids is 2. The second kappa shape index (κ2) is 5.03. The Bertz CT molecular complexity index is 355. The fourth-order valence-electron chi connectivity index (χ4n) is 2.67. The molecule has 6 nitrogen and oxygen atoms in total.